The van der Waals surface area contributed by atoms with Crippen LogP contribution in [0.5, 0.6) is 0 Å². The molecule has 0 saturated carbocycles. The summed E-state index contributed by atoms with van der Waals surface area (Å²) in [5.74, 6) is 0.222. The lowest BCUT2D eigenvalue weighted by Gasteiger charge is -2.29. The maximum atomic E-state index is 14.1. The number of halogens is 2. The zero-order valence-corrected chi connectivity index (χ0v) is 20.4. The maximum absolute atomic E-state index is 14.1. The minimum absolute atomic E-state index is 0.0462. The zero-order valence-electron chi connectivity index (χ0n) is 18.0. The molecule has 0 spiro atoms. The van der Waals surface area contributed by atoms with Gasteiger partial charge in [0.1, 0.15) is 5.82 Å². The van der Waals surface area contributed by atoms with Gasteiger partial charge >= 0.3 is 0 Å². The van der Waals surface area contributed by atoms with Gasteiger partial charge in [0.05, 0.1) is 28.6 Å². The van der Waals surface area contributed by atoms with Gasteiger partial charge in [0.2, 0.25) is 0 Å². The van der Waals surface area contributed by atoms with Crippen molar-refractivity contribution in [2.24, 2.45) is 0 Å². The van der Waals surface area contributed by atoms with Crippen LogP contribution in [0.3, 0.4) is 0 Å². The van der Waals surface area contributed by atoms with E-state index in [1.165, 1.54) is 45.3 Å². The normalized spacial score (nSPS) is 17.1. The molecule has 174 valence electrons. The largest absolute Gasteiger partial charge is 0.284 e. The van der Waals surface area contributed by atoms with Gasteiger partial charge in [-0.15, -0.1) is 0 Å². The number of sulfonamides is 1. The number of fused-ring (bicyclic) bond motifs is 1. The molecule has 5 rings (SSSR count). The molecule has 9 heteroatoms. The summed E-state index contributed by atoms with van der Waals surface area (Å²) in [5, 5.41) is 10.4. The van der Waals surface area contributed by atoms with E-state index in [1.807, 2.05) is 6.07 Å². The number of nitrogens with zero attached hydrogens (tertiary/aromatic N) is 3. The monoisotopic (exact) mass is 521 g/mol. The van der Waals surface area contributed by atoms with E-state index >= 15 is 0 Å². The van der Waals surface area contributed by atoms with E-state index in [1.54, 1.807) is 54.6 Å². The average molecular weight is 522 g/mol. The van der Waals surface area contributed by atoms with E-state index in [-0.39, 0.29) is 21.8 Å². The molecule has 1 aliphatic heterocycles. The van der Waals surface area contributed by atoms with E-state index < -0.39 is 22.1 Å². The molecule has 0 aliphatic carbocycles. The predicted molar refractivity (Wildman–Crippen MR) is 135 cm³/mol. The Morgan fingerprint density at radius 3 is 1.94 bits per heavy atom. The highest BCUT2D eigenvalue weighted by Crippen LogP contribution is 2.49. The van der Waals surface area contributed by atoms with Gasteiger partial charge in [-0.2, -0.15) is 5.26 Å². The second-order valence-corrected chi connectivity index (χ2v) is 10.7. The lowest BCUT2D eigenvalue weighted by molar-refractivity contribution is 0.529. The summed E-state index contributed by atoms with van der Waals surface area (Å²) in [6.07, 6.45) is 0. The number of nitriles is 1. The first kappa shape index (κ1) is 23.2. The Kier molecular flexibility index (Phi) is 5.89. The van der Waals surface area contributed by atoms with Crippen molar-refractivity contribution in [2.45, 2.75) is 17.0 Å². The molecule has 1 aromatic heterocycles. The van der Waals surface area contributed by atoms with Crippen molar-refractivity contribution >= 4 is 39.0 Å². The highest BCUT2D eigenvalue weighted by molar-refractivity contribution is 7.92. The van der Waals surface area contributed by atoms with Gasteiger partial charge < -0.3 is 0 Å². The summed E-state index contributed by atoms with van der Waals surface area (Å²) in [6.45, 7) is 0. The molecule has 0 unspecified atom stereocenters. The third-order valence-electron chi connectivity index (χ3n) is 5.97. The Morgan fingerprint density at radius 1 is 0.771 bits per heavy atom. The molecule has 6 nitrogen and oxygen atoms in total. The summed E-state index contributed by atoms with van der Waals surface area (Å²) < 4.78 is 31.0. The highest BCUT2D eigenvalue weighted by Gasteiger charge is 2.47. The number of hydrogen-bond donors (Lipinski definition) is 0. The number of pyridine rings is 1. The summed E-state index contributed by atoms with van der Waals surface area (Å²) in [4.78, 5) is 13.1. The van der Waals surface area contributed by atoms with Gasteiger partial charge in [0.15, 0.2) is 0 Å². The number of rotatable bonds is 4. The second-order valence-electron chi connectivity index (χ2n) is 8.03. The second kappa shape index (κ2) is 8.90. The third kappa shape index (κ3) is 4.00. The number of anilines is 1. The van der Waals surface area contributed by atoms with Crippen molar-refractivity contribution in [2.75, 3.05) is 4.31 Å². The van der Waals surface area contributed by atoms with E-state index in [9.17, 15) is 18.5 Å². The Balaban J connectivity index is 1.81. The van der Waals surface area contributed by atoms with Crippen molar-refractivity contribution < 1.29 is 8.42 Å². The highest BCUT2D eigenvalue weighted by atomic mass is 35.5. The molecule has 4 aromatic rings. The molecular weight excluding hydrogens is 505 g/mol. The SMILES string of the molecule is N#Cc1cccc(S(=O)(=O)N2c3cccc(=O)n3[C@H](c3ccc(Cl)cc3)[C@@H]2c2ccc(Cl)cc2)c1. The van der Waals surface area contributed by atoms with Gasteiger partial charge in [-0.25, -0.2) is 12.7 Å². The van der Waals surface area contributed by atoms with Crippen molar-refractivity contribution in [3.8, 4) is 6.07 Å². The van der Waals surface area contributed by atoms with Crippen LogP contribution in [0.1, 0.15) is 28.8 Å². The lowest BCUT2D eigenvalue weighted by atomic mass is 9.94. The van der Waals surface area contributed by atoms with Crippen LogP contribution in [0.2, 0.25) is 10.0 Å². The van der Waals surface area contributed by atoms with Crippen LogP contribution in [0.15, 0.2) is 101 Å². The fourth-order valence-corrected chi connectivity index (χ4v) is 6.38. The summed E-state index contributed by atoms with van der Waals surface area (Å²) in [5.41, 5.74) is 1.24. The van der Waals surface area contributed by atoms with Crippen LogP contribution in [-0.2, 0) is 10.0 Å². The molecule has 0 bridgehead atoms. The summed E-state index contributed by atoms with van der Waals surface area (Å²) in [6, 6.07) is 24.7. The van der Waals surface area contributed by atoms with Crippen LogP contribution in [-0.4, -0.2) is 13.0 Å². The van der Waals surface area contributed by atoms with Gasteiger partial charge in [-0.3, -0.25) is 9.36 Å². The third-order valence-corrected chi connectivity index (χ3v) is 8.25. The van der Waals surface area contributed by atoms with Gasteiger partial charge in [-0.05, 0) is 59.7 Å². The van der Waals surface area contributed by atoms with E-state index in [0.717, 1.165) is 0 Å². The Hall–Kier alpha value is -3.57. The molecule has 0 amide bonds. The maximum Gasteiger partial charge on any atom is 0.266 e. The van der Waals surface area contributed by atoms with Crippen molar-refractivity contribution in [1.29, 1.82) is 5.26 Å². The first-order valence-corrected chi connectivity index (χ1v) is 12.8. The van der Waals surface area contributed by atoms with E-state index in [0.29, 0.717) is 21.2 Å². The van der Waals surface area contributed by atoms with Gasteiger partial charge in [0, 0.05) is 16.1 Å². The predicted octanol–water partition coefficient (Wildman–Crippen LogP) is 5.57. The molecule has 1 aliphatic rings. The van der Waals surface area contributed by atoms with E-state index in [4.69, 9.17) is 23.2 Å². The molecule has 0 radical (unpaired) electrons. The number of aromatic nitrogens is 1. The molecule has 2 atom stereocenters. The van der Waals surface area contributed by atoms with Crippen molar-refractivity contribution in [3.63, 3.8) is 0 Å². The molecule has 35 heavy (non-hydrogen) atoms. The smallest absolute Gasteiger partial charge is 0.266 e. The van der Waals surface area contributed by atoms with Crippen LogP contribution >= 0.6 is 23.2 Å². The quantitative estimate of drug-likeness (QED) is 0.351. The molecule has 2 heterocycles. The van der Waals surface area contributed by atoms with Crippen molar-refractivity contribution in [1.82, 2.24) is 4.57 Å². The standard InChI is InChI=1S/C26H17Cl2N3O3S/c27-20-11-7-18(8-12-20)25-26(19-9-13-21(28)14-10-19)31(23-5-2-6-24(32)30(23)25)35(33,34)22-4-1-3-17(15-22)16-29/h1-15,25-26H/t25-,26+/m1/s1. The average Bonchev–Trinajstić information content (AvgIpc) is 3.22. The molecule has 0 N–H and O–H groups in total. The summed E-state index contributed by atoms with van der Waals surface area (Å²) >= 11 is 12.2. The van der Waals surface area contributed by atoms with Crippen LogP contribution in [0.25, 0.3) is 0 Å². The van der Waals surface area contributed by atoms with Gasteiger partial charge in [0.25, 0.3) is 15.6 Å². The lowest BCUT2D eigenvalue weighted by Crippen LogP contribution is -2.33. The fraction of sp³-hybridized carbons (Fsp3) is 0.0769. The van der Waals surface area contributed by atoms with Crippen molar-refractivity contribution in [3.05, 3.63) is 128 Å². The zero-order chi connectivity index (χ0) is 24.7. The molecular formula is C26H17Cl2N3O3S. The Labute approximate surface area is 212 Å². The van der Waals surface area contributed by atoms with E-state index in [2.05, 4.69) is 0 Å². The minimum atomic E-state index is -4.19. The first-order chi connectivity index (χ1) is 16.8. The topological polar surface area (TPSA) is 83.2 Å². The summed E-state index contributed by atoms with van der Waals surface area (Å²) in [7, 11) is -4.19. The van der Waals surface area contributed by atoms with Crippen LogP contribution < -0.4 is 9.86 Å². The molecule has 3 aromatic carbocycles. The number of benzene rings is 3. The Bertz CT molecular complexity index is 1630. The van der Waals surface area contributed by atoms with Gasteiger partial charge in [-0.1, -0.05) is 59.6 Å². The Morgan fingerprint density at radius 2 is 1.34 bits per heavy atom. The number of hydrogen-bond acceptors (Lipinski definition) is 4. The first-order valence-electron chi connectivity index (χ1n) is 10.6. The molecule has 0 fully saturated rings. The van der Waals surface area contributed by atoms with Crippen LogP contribution in [0, 0.1) is 11.3 Å². The minimum Gasteiger partial charge on any atom is -0.284 e. The molecule has 0 saturated heterocycles. The van der Waals surface area contributed by atoms with Crippen LogP contribution in [0.4, 0.5) is 5.82 Å². The fourth-order valence-electron chi connectivity index (χ4n) is 4.44.